The number of nitrogens with zero attached hydrogens (tertiary/aromatic N) is 4. The third-order valence-electron chi connectivity index (χ3n) is 4.64. The molecule has 1 unspecified atom stereocenters. The molecule has 0 saturated carbocycles. The number of halogens is 2. The first kappa shape index (κ1) is 23.6. The van der Waals surface area contributed by atoms with E-state index in [9.17, 15) is 23.5 Å². The third-order valence-corrected chi connectivity index (χ3v) is 4.64. The van der Waals surface area contributed by atoms with Gasteiger partial charge in [-0.1, -0.05) is 30.3 Å². The highest BCUT2D eigenvalue weighted by Crippen LogP contribution is 2.31. The predicted molar refractivity (Wildman–Crippen MR) is 115 cm³/mol. The van der Waals surface area contributed by atoms with E-state index in [4.69, 9.17) is 5.11 Å². The van der Waals surface area contributed by atoms with E-state index in [1.807, 2.05) is 0 Å². The number of aryl methyl sites for hydroxylation is 1. The van der Waals surface area contributed by atoms with Gasteiger partial charge in [-0.25, -0.2) is 8.78 Å². The van der Waals surface area contributed by atoms with Crippen LogP contribution in [0.25, 0.3) is 11.3 Å². The maximum Gasteiger partial charge on any atom is 0.310 e. The number of aliphatic hydroxyl groups is 1. The standard InChI is InChI=1S/C23H20F2N4O4/c1-14-26-27-28-29(14)21(11-10-19(30)12-20(31)13-22(32)33)23(15-2-6-17(24)7-3-15)16-4-8-18(25)9-5-16/h2-11,19,30H,12-13H2,1H3,(H,32,33)/b11-10+. The average Bonchev–Trinajstić information content (AvgIpc) is 3.18. The number of ketones is 1. The highest BCUT2D eigenvalue weighted by Gasteiger charge is 2.17. The second kappa shape index (κ2) is 10.5. The van der Waals surface area contributed by atoms with Crippen molar-refractivity contribution < 1.29 is 28.6 Å². The number of aromatic nitrogens is 4. The second-order valence-corrected chi connectivity index (χ2v) is 7.15. The van der Waals surface area contributed by atoms with Gasteiger partial charge in [0.25, 0.3) is 0 Å². The van der Waals surface area contributed by atoms with Gasteiger partial charge in [-0.3, -0.25) is 9.59 Å². The van der Waals surface area contributed by atoms with Crippen molar-refractivity contribution in [2.24, 2.45) is 0 Å². The summed E-state index contributed by atoms with van der Waals surface area (Å²) in [6.07, 6.45) is 0.419. The molecule has 3 aromatic rings. The van der Waals surface area contributed by atoms with Crippen molar-refractivity contribution in [1.29, 1.82) is 0 Å². The first-order chi connectivity index (χ1) is 15.7. The van der Waals surface area contributed by atoms with Crippen molar-refractivity contribution in [3.8, 4) is 0 Å². The van der Waals surface area contributed by atoms with Crippen LogP contribution in [0.15, 0.2) is 60.7 Å². The monoisotopic (exact) mass is 454 g/mol. The lowest BCUT2D eigenvalue weighted by molar-refractivity contribution is -0.140. The van der Waals surface area contributed by atoms with Crippen LogP contribution in [-0.2, 0) is 9.59 Å². The topological polar surface area (TPSA) is 118 Å². The summed E-state index contributed by atoms with van der Waals surface area (Å²) in [4.78, 5) is 22.4. The number of tetrazole rings is 1. The number of carbonyl (C=O) groups is 2. The number of carboxylic acid groups (broad SMARTS) is 1. The Hall–Kier alpha value is -4.05. The summed E-state index contributed by atoms with van der Waals surface area (Å²) < 4.78 is 28.6. The van der Waals surface area contributed by atoms with Gasteiger partial charge in [-0.05, 0) is 58.8 Å². The van der Waals surface area contributed by atoms with E-state index < -0.39 is 42.3 Å². The molecule has 170 valence electrons. The number of carbonyl (C=O) groups excluding carboxylic acids is 1. The molecule has 10 heteroatoms. The summed E-state index contributed by atoms with van der Waals surface area (Å²) in [7, 11) is 0. The summed E-state index contributed by atoms with van der Waals surface area (Å²) in [6.45, 7) is 1.65. The number of hydrogen-bond acceptors (Lipinski definition) is 6. The first-order valence-corrected chi connectivity index (χ1v) is 9.86. The molecular formula is C23H20F2N4O4. The van der Waals surface area contributed by atoms with Gasteiger partial charge in [0.15, 0.2) is 5.82 Å². The summed E-state index contributed by atoms with van der Waals surface area (Å²) in [6, 6.07) is 11.2. The molecule has 2 aromatic carbocycles. The lowest BCUT2D eigenvalue weighted by Gasteiger charge is -2.15. The SMILES string of the molecule is Cc1nnnn1C(/C=C/C(O)CC(=O)CC(=O)O)=C(c1ccc(F)cc1)c1ccc(F)cc1. The number of carboxylic acids is 1. The van der Waals surface area contributed by atoms with Gasteiger partial charge in [-0.15, -0.1) is 5.10 Å². The summed E-state index contributed by atoms with van der Waals surface area (Å²) >= 11 is 0. The summed E-state index contributed by atoms with van der Waals surface area (Å²) in [5.74, 6) is -2.41. The van der Waals surface area contributed by atoms with Gasteiger partial charge in [0.1, 0.15) is 23.8 Å². The Balaban J connectivity index is 2.14. The molecule has 0 fully saturated rings. The van der Waals surface area contributed by atoms with Gasteiger partial charge in [0.2, 0.25) is 0 Å². The zero-order valence-corrected chi connectivity index (χ0v) is 17.5. The van der Waals surface area contributed by atoms with Gasteiger partial charge in [0.05, 0.1) is 11.8 Å². The zero-order valence-electron chi connectivity index (χ0n) is 17.5. The number of aliphatic carboxylic acids is 1. The number of hydrogen-bond donors (Lipinski definition) is 2. The average molecular weight is 454 g/mol. The molecule has 0 aliphatic carbocycles. The smallest absolute Gasteiger partial charge is 0.310 e. The van der Waals surface area contributed by atoms with Crippen molar-refractivity contribution in [3.63, 3.8) is 0 Å². The minimum Gasteiger partial charge on any atom is -0.481 e. The van der Waals surface area contributed by atoms with Crippen molar-refractivity contribution in [1.82, 2.24) is 20.2 Å². The van der Waals surface area contributed by atoms with Crippen LogP contribution < -0.4 is 0 Å². The molecule has 2 N–H and O–H groups in total. The minimum atomic E-state index is -1.28. The zero-order chi connectivity index (χ0) is 24.0. The molecule has 1 atom stereocenters. The van der Waals surface area contributed by atoms with Crippen molar-refractivity contribution in [2.45, 2.75) is 25.9 Å². The third kappa shape index (κ3) is 6.23. The molecule has 3 rings (SSSR count). The Morgan fingerprint density at radius 2 is 1.58 bits per heavy atom. The number of allylic oxidation sites excluding steroid dienone is 2. The van der Waals surface area contributed by atoms with Crippen LogP contribution in [0, 0.1) is 18.6 Å². The Bertz CT molecular complexity index is 1150. The van der Waals surface area contributed by atoms with Gasteiger partial charge >= 0.3 is 5.97 Å². The van der Waals surface area contributed by atoms with E-state index in [0.717, 1.165) is 0 Å². The number of rotatable bonds is 9. The fraction of sp³-hybridized carbons (Fsp3) is 0.174. The van der Waals surface area contributed by atoms with Crippen molar-refractivity contribution in [3.05, 3.63) is 89.3 Å². The number of Topliss-reactive ketones (excluding diaryl/α,β-unsaturated/α-hetero) is 1. The maximum absolute atomic E-state index is 13.6. The molecule has 1 heterocycles. The number of aliphatic hydroxyl groups excluding tert-OH is 1. The van der Waals surface area contributed by atoms with Crippen LogP contribution in [-0.4, -0.2) is 48.3 Å². The fourth-order valence-corrected chi connectivity index (χ4v) is 3.15. The number of benzene rings is 2. The highest BCUT2D eigenvalue weighted by molar-refractivity contribution is 5.97. The first-order valence-electron chi connectivity index (χ1n) is 9.86. The van der Waals surface area contributed by atoms with Crippen molar-refractivity contribution in [2.75, 3.05) is 0 Å². The van der Waals surface area contributed by atoms with Gasteiger partial charge in [-0.2, -0.15) is 4.68 Å². The molecule has 1 aromatic heterocycles. The second-order valence-electron chi connectivity index (χ2n) is 7.15. The van der Waals surface area contributed by atoms with E-state index in [1.54, 1.807) is 6.92 Å². The molecule has 0 bridgehead atoms. The van der Waals surface area contributed by atoms with Crippen LogP contribution in [0.1, 0.15) is 29.8 Å². The van der Waals surface area contributed by atoms with Gasteiger partial charge < -0.3 is 10.2 Å². The molecule has 0 saturated heterocycles. The molecule has 0 spiro atoms. The van der Waals surface area contributed by atoms with E-state index in [2.05, 4.69) is 15.5 Å². The Labute approximate surface area is 187 Å². The molecule has 33 heavy (non-hydrogen) atoms. The maximum atomic E-state index is 13.6. The van der Waals surface area contributed by atoms with Crippen LogP contribution in [0.5, 0.6) is 0 Å². The van der Waals surface area contributed by atoms with E-state index in [1.165, 1.54) is 65.4 Å². The quantitative estimate of drug-likeness (QED) is 0.377. The Morgan fingerprint density at radius 3 is 2.03 bits per heavy atom. The Kier molecular flexibility index (Phi) is 7.52. The summed E-state index contributed by atoms with van der Waals surface area (Å²) in [5, 5.41) is 30.5. The van der Waals surface area contributed by atoms with Gasteiger partial charge in [0, 0.05) is 12.0 Å². The largest absolute Gasteiger partial charge is 0.481 e. The van der Waals surface area contributed by atoms with Crippen LogP contribution in [0.4, 0.5) is 8.78 Å². The molecule has 0 aliphatic heterocycles. The van der Waals surface area contributed by atoms with Crippen LogP contribution in [0.3, 0.4) is 0 Å². The molecule has 0 amide bonds. The van der Waals surface area contributed by atoms with Crippen LogP contribution in [0.2, 0.25) is 0 Å². The van der Waals surface area contributed by atoms with E-state index >= 15 is 0 Å². The van der Waals surface area contributed by atoms with E-state index in [-0.39, 0.29) is 0 Å². The predicted octanol–water partition coefficient (Wildman–Crippen LogP) is 3.03. The minimum absolute atomic E-state index is 0.362. The van der Waals surface area contributed by atoms with Crippen LogP contribution >= 0.6 is 0 Å². The summed E-state index contributed by atoms with van der Waals surface area (Å²) in [5.41, 5.74) is 1.99. The van der Waals surface area contributed by atoms with E-state index in [0.29, 0.717) is 28.2 Å². The molecule has 0 radical (unpaired) electrons. The lowest BCUT2D eigenvalue weighted by Crippen LogP contribution is -2.14. The van der Waals surface area contributed by atoms with Crippen molar-refractivity contribution >= 4 is 23.0 Å². The molecule has 0 aliphatic rings. The normalized spacial score (nSPS) is 12.0. The fourth-order valence-electron chi connectivity index (χ4n) is 3.15. The molecule has 8 nitrogen and oxygen atoms in total. The highest BCUT2D eigenvalue weighted by atomic mass is 19.1. The molecular weight excluding hydrogens is 434 g/mol. The Morgan fingerprint density at radius 1 is 1.03 bits per heavy atom. The lowest BCUT2D eigenvalue weighted by atomic mass is 9.95.